The van der Waals surface area contributed by atoms with Gasteiger partial charge >= 0.3 is 17.9 Å². The third-order valence-electron chi connectivity index (χ3n) is 13.1. The SMILES string of the molecule is CCCCCCCC(O)CC=CCCCCCCCC(=O)OCC(COC(=O)CCCCCCCC=CCC(O)CCCCCCC)OC(=O)CCCCCCCC=CCC(O)CCCCCCC. The van der Waals surface area contributed by atoms with E-state index in [1.165, 1.54) is 77.0 Å². The zero-order chi connectivity index (χ0) is 50.5. The molecular formula is C60H110O9. The van der Waals surface area contributed by atoms with E-state index in [1.807, 2.05) is 0 Å². The molecule has 0 bridgehead atoms. The van der Waals surface area contributed by atoms with Crippen LogP contribution in [-0.4, -0.2) is 70.9 Å². The second-order valence-corrected chi connectivity index (χ2v) is 20.1. The summed E-state index contributed by atoms with van der Waals surface area (Å²) in [6.07, 6.45) is 53.0. The third-order valence-corrected chi connectivity index (χ3v) is 13.1. The average Bonchev–Trinajstić information content (AvgIpc) is 3.33. The maximum atomic E-state index is 12.9. The Balaban J connectivity index is 4.51. The van der Waals surface area contributed by atoms with Crippen LogP contribution in [0, 0.1) is 0 Å². The number of aliphatic hydroxyl groups excluding tert-OH is 3. The Labute approximate surface area is 424 Å². The predicted molar refractivity (Wildman–Crippen MR) is 288 cm³/mol. The summed E-state index contributed by atoms with van der Waals surface area (Å²) in [7, 11) is 0. The van der Waals surface area contributed by atoms with Gasteiger partial charge in [0.25, 0.3) is 0 Å². The minimum absolute atomic E-state index is 0.131. The summed E-state index contributed by atoms with van der Waals surface area (Å²) < 4.78 is 16.8. The normalized spacial score (nSPS) is 13.7. The van der Waals surface area contributed by atoms with Crippen LogP contribution < -0.4 is 0 Å². The molecule has 0 aromatic carbocycles. The molecule has 0 aliphatic heterocycles. The monoisotopic (exact) mass is 975 g/mol. The molecule has 0 fully saturated rings. The van der Waals surface area contributed by atoms with Crippen LogP contribution in [0.5, 0.6) is 0 Å². The molecule has 0 heterocycles. The van der Waals surface area contributed by atoms with Crippen molar-refractivity contribution in [3.63, 3.8) is 0 Å². The van der Waals surface area contributed by atoms with Crippen molar-refractivity contribution in [1.82, 2.24) is 0 Å². The number of carbonyl (C=O) groups excluding carboxylic acids is 3. The summed E-state index contributed by atoms with van der Waals surface area (Å²) in [5, 5.41) is 30.6. The van der Waals surface area contributed by atoms with E-state index >= 15 is 0 Å². The highest BCUT2D eigenvalue weighted by Gasteiger charge is 2.19. The number of unbranched alkanes of at least 4 members (excludes halogenated alkanes) is 27. The van der Waals surface area contributed by atoms with Gasteiger partial charge in [-0.25, -0.2) is 0 Å². The Bertz CT molecular complexity index is 1150. The Morgan fingerprint density at radius 1 is 0.348 bits per heavy atom. The highest BCUT2D eigenvalue weighted by atomic mass is 16.6. The lowest BCUT2D eigenvalue weighted by molar-refractivity contribution is -0.167. The molecule has 0 aliphatic rings. The second kappa shape index (κ2) is 53.3. The van der Waals surface area contributed by atoms with Crippen molar-refractivity contribution in [3.05, 3.63) is 36.5 Å². The quantitative estimate of drug-likeness (QED) is 0.0235. The molecule has 0 aromatic heterocycles. The van der Waals surface area contributed by atoms with E-state index in [1.54, 1.807) is 0 Å². The molecule has 0 amide bonds. The predicted octanol–water partition coefficient (Wildman–Crippen LogP) is 16.2. The summed E-state index contributed by atoms with van der Waals surface area (Å²) in [6, 6.07) is 0. The summed E-state index contributed by atoms with van der Waals surface area (Å²) in [4.78, 5) is 38.2. The van der Waals surface area contributed by atoms with Gasteiger partial charge in [-0.2, -0.15) is 0 Å². The third kappa shape index (κ3) is 51.7. The Morgan fingerprint density at radius 3 is 0.957 bits per heavy atom. The topological polar surface area (TPSA) is 140 Å². The fourth-order valence-electron chi connectivity index (χ4n) is 8.48. The molecule has 0 saturated heterocycles. The van der Waals surface area contributed by atoms with Crippen LogP contribution in [0.25, 0.3) is 0 Å². The summed E-state index contributed by atoms with van der Waals surface area (Å²) in [5.41, 5.74) is 0. The lowest BCUT2D eigenvalue weighted by Crippen LogP contribution is -2.30. The number of esters is 3. The molecule has 0 aromatic rings. The molecule has 9 heteroatoms. The van der Waals surface area contributed by atoms with Crippen molar-refractivity contribution in [1.29, 1.82) is 0 Å². The van der Waals surface area contributed by atoms with Crippen LogP contribution in [0.15, 0.2) is 36.5 Å². The molecule has 9 nitrogen and oxygen atoms in total. The molecular weight excluding hydrogens is 865 g/mol. The molecule has 3 atom stereocenters. The minimum atomic E-state index is -0.836. The number of allylic oxidation sites excluding steroid dienone is 3. The van der Waals surface area contributed by atoms with Gasteiger partial charge in [0, 0.05) is 19.3 Å². The first-order valence-corrected chi connectivity index (χ1v) is 29.2. The number of aliphatic hydroxyl groups is 3. The van der Waals surface area contributed by atoms with Crippen molar-refractivity contribution in [3.8, 4) is 0 Å². The van der Waals surface area contributed by atoms with Crippen LogP contribution in [0.1, 0.15) is 290 Å². The highest BCUT2D eigenvalue weighted by molar-refractivity contribution is 5.71. The Morgan fingerprint density at radius 2 is 0.623 bits per heavy atom. The van der Waals surface area contributed by atoms with E-state index in [9.17, 15) is 29.7 Å². The Hall–Kier alpha value is -2.49. The van der Waals surface area contributed by atoms with Gasteiger partial charge in [-0.05, 0) is 96.3 Å². The smallest absolute Gasteiger partial charge is 0.306 e. The maximum absolute atomic E-state index is 12.9. The van der Waals surface area contributed by atoms with E-state index < -0.39 is 6.10 Å². The standard InChI is InChI=1S/C60H110O9/c1-4-7-10-25-34-43-54(61)46-37-28-19-13-16-22-31-40-49-58(64)67-52-57(69-60(66)51-42-33-24-18-15-21-30-39-48-56(63)45-36-27-12-9-6-3)53-68-59(65)50-41-32-23-17-14-20-29-38-47-55(62)44-35-26-11-8-5-2/h28-30,37-39,54-57,61-63H,4-27,31-36,40-53H2,1-3H3. The lowest BCUT2D eigenvalue weighted by Gasteiger charge is -2.18. The maximum Gasteiger partial charge on any atom is 0.306 e. The van der Waals surface area contributed by atoms with Gasteiger partial charge in [0.15, 0.2) is 6.10 Å². The van der Waals surface area contributed by atoms with E-state index in [4.69, 9.17) is 14.2 Å². The van der Waals surface area contributed by atoms with E-state index in [0.29, 0.717) is 19.3 Å². The fourth-order valence-corrected chi connectivity index (χ4v) is 8.48. The first-order valence-electron chi connectivity index (χ1n) is 29.2. The van der Waals surface area contributed by atoms with Crippen molar-refractivity contribution >= 4 is 17.9 Å². The zero-order valence-electron chi connectivity index (χ0n) is 45.2. The van der Waals surface area contributed by atoms with Crippen LogP contribution in [-0.2, 0) is 28.6 Å². The van der Waals surface area contributed by atoms with E-state index in [2.05, 4.69) is 57.2 Å². The number of ether oxygens (including phenoxy) is 3. The molecule has 0 spiro atoms. The fraction of sp³-hybridized carbons (Fsp3) is 0.850. The molecule has 0 saturated carbocycles. The van der Waals surface area contributed by atoms with Crippen LogP contribution in [0.2, 0.25) is 0 Å². The number of rotatable bonds is 53. The van der Waals surface area contributed by atoms with E-state index in [-0.39, 0.29) is 55.9 Å². The molecule has 3 N–H and O–H groups in total. The molecule has 404 valence electrons. The number of hydrogen-bond donors (Lipinski definition) is 3. The highest BCUT2D eigenvalue weighted by Crippen LogP contribution is 2.16. The summed E-state index contributed by atoms with van der Waals surface area (Å²) >= 11 is 0. The average molecular weight is 976 g/mol. The lowest BCUT2D eigenvalue weighted by atomic mass is 10.1. The zero-order valence-corrected chi connectivity index (χ0v) is 45.2. The van der Waals surface area contributed by atoms with Crippen molar-refractivity contribution in [2.75, 3.05) is 13.2 Å². The summed E-state index contributed by atoms with van der Waals surface area (Å²) in [5.74, 6) is -1.04. The van der Waals surface area contributed by atoms with Gasteiger partial charge in [0.2, 0.25) is 0 Å². The van der Waals surface area contributed by atoms with Gasteiger partial charge in [0.1, 0.15) is 13.2 Å². The van der Waals surface area contributed by atoms with Crippen molar-refractivity contribution in [2.24, 2.45) is 0 Å². The van der Waals surface area contributed by atoms with Gasteiger partial charge in [-0.15, -0.1) is 0 Å². The van der Waals surface area contributed by atoms with Gasteiger partial charge < -0.3 is 29.5 Å². The largest absolute Gasteiger partial charge is 0.462 e. The van der Waals surface area contributed by atoms with E-state index in [0.717, 1.165) is 167 Å². The molecule has 0 aliphatic carbocycles. The van der Waals surface area contributed by atoms with Gasteiger partial charge in [0.05, 0.1) is 18.3 Å². The van der Waals surface area contributed by atoms with Crippen LogP contribution in [0.3, 0.4) is 0 Å². The van der Waals surface area contributed by atoms with Crippen molar-refractivity contribution < 1.29 is 43.9 Å². The first kappa shape index (κ1) is 66.5. The molecule has 3 unspecified atom stereocenters. The number of carbonyl (C=O) groups is 3. The van der Waals surface area contributed by atoms with Crippen LogP contribution >= 0.6 is 0 Å². The molecule has 0 radical (unpaired) electrons. The second-order valence-electron chi connectivity index (χ2n) is 20.1. The first-order chi connectivity index (χ1) is 33.7. The van der Waals surface area contributed by atoms with Crippen molar-refractivity contribution in [2.45, 2.75) is 315 Å². The van der Waals surface area contributed by atoms with Gasteiger partial charge in [-0.1, -0.05) is 211 Å². The molecule has 0 rings (SSSR count). The Kier molecular flexibility index (Phi) is 51.4. The molecule has 69 heavy (non-hydrogen) atoms. The van der Waals surface area contributed by atoms with Crippen LogP contribution in [0.4, 0.5) is 0 Å². The van der Waals surface area contributed by atoms with Gasteiger partial charge in [-0.3, -0.25) is 14.4 Å². The minimum Gasteiger partial charge on any atom is -0.462 e. The number of hydrogen-bond acceptors (Lipinski definition) is 9. The summed E-state index contributed by atoms with van der Waals surface area (Å²) in [6.45, 7) is 6.39.